The van der Waals surface area contributed by atoms with Gasteiger partial charge >= 0.3 is 0 Å². The van der Waals surface area contributed by atoms with E-state index in [1.54, 1.807) is 11.3 Å². The second-order valence-corrected chi connectivity index (χ2v) is 11.0. The quantitative estimate of drug-likeness (QED) is 0.211. The number of halogens is 1. The zero-order valence-corrected chi connectivity index (χ0v) is 21.7. The van der Waals surface area contributed by atoms with Crippen molar-refractivity contribution in [3.63, 3.8) is 0 Å². The van der Waals surface area contributed by atoms with Crippen molar-refractivity contribution >= 4 is 75.9 Å². The lowest BCUT2D eigenvalue weighted by Crippen LogP contribution is -1.91. The predicted molar refractivity (Wildman–Crippen MR) is 163 cm³/mol. The van der Waals surface area contributed by atoms with E-state index >= 15 is 0 Å². The Morgan fingerprint density at radius 2 is 1.03 bits per heavy atom. The van der Waals surface area contributed by atoms with Crippen LogP contribution in [0.1, 0.15) is 0 Å². The van der Waals surface area contributed by atoms with Gasteiger partial charge in [0.25, 0.3) is 0 Å². The molecule has 0 bridgehead atoms. The molecule has 8 rings (SSSR count). The highest BCUT2D eigenvalue weighted by molar-refractivity contribution is 7.25. The van der Waals surface area contributed by atoms with Gasteiger partial charge in [-0.2, -0.15) is 0 Å². The Labute approximate surface area is 227 Å². The van der Waals surface area contributed by atoms with Crippen LogP contribution < -0.4 is 0 Å². The number of rotatable bonds is 2. The van der Waals surface area contributed by atoms with Gasteiger partial charge in [-0.1, -0.05) is 96.5 Å². The summed E-state index contributed by atoms with van der Waals surface area (Å²) >= 11 is 8.03. The Hall–Kier alpha value is -4.31. The third-order valence-electron chi connectivity index (χ3n) is 7.32. The summed E-state index contributed by atoms with van der Waals surface area (Å²) in [4.78, 5) is 11.4. The molecule has 8 aromatic rings. The SMILES string of the molecule is Clc1ccc2sc3nc4c5ccc(-c6ccccc6)cc5c5cc(-c6ccccc6)ccc5c4nc3c2c1. The zero-order chi connectivity index (χ0) is 25.2. The molecule has 0 spiro atoms. The molecule has 0 N–H and O–H groups in total. The van der Waals surface area contributed by atoms with Gasteiger partial charge in [-0.25, -0.2) is 9.97 Å². The minimum atomic E-state index is 0.711. The first-order valence-electron chi connectivity index (χ1n) is 12.5. The van der Waals surface area contributed by atoms with Crippen LogP contribution in [0.5, 0.6) is 0 Å². The number of nitrogens with zero attached hydrogens (tertiary/aromatic N) is 2. The number of aromatic nitrogens is 2. The summed E-state index contributed by atoms with van der Waals surface area (Å²) < 4.78 is 1.14. The van der Waals surface area contributed by atoms with Gasteiger partial charge in [0, 0.05) is 25.9 Å². The molecule has 2 aromatic heterocycles. The summed E-state index contributed by atoms with van der Waals surface area (Å²) in [6.45, 7) is 0. The summed E-state index contributed by atoms with van der Waals surface area (Å²) in [6, 6.07) is 40.5. The first kappa shape index (κ1) is 21.7. The molecule has 4 heteroatoms. The van der Waals surface area contributed by atoms with E-state index in [0.717, 1.165) is 42.2 Å². The van der Waals surface area contributed by atoms with E-state index in [4.69, 9.17) is 21.6 Å². The first-order chi connectivity index (χ1) is 18.7. The molecule has 0 saturated heterocycles. The predicted octanol–water partition coefficient (Wildman–Crippen LogP) is 10.3. The molecule has 38 heavy (non-hydrogen) atoms. The highest BCUT2D eigenvalue weighted by Gasteiger charge is 2.17. The van der Waals surface area contributed by atoms with Crippen LogP contribution in [0.15, 0.2) is 115 Å². The van der Waals surface area contributed by atoms with Gasteiger partial charge in [0.05, 0.1) is 11.0 Å². The summed E-state index contributed by atoms with van der Waals surface area (Å²) in [6.07, 6.45) is 0. The van der Waals surface area contributed by atoms with Crippen LogP contribution in [0, 0.1) is 0 Å². The maximum atomic E-state index is 6.36. The van der Waals surface area contributed by atoms with Crippen LogP contribution in [0.3, 0.4) is 0 Å². The standard InChI is InChI=1S/C34H19ClN2S/c35-24-13-16-30-29(19-24)33-34(38-30)37-32-26-15-12-23(21-9-5-2-6-10-21)18-28(26)27-17-22(20-7-3-1-4-8-20)11-14-25(27)31(32)36-33/h1-19H. The number of thiophene rings is 1. The smallest absolute Gasteiger partial charge is 0.143 e. The zero-order valence-electron chi connectivity index (χ0n) is 20.2. The van der Waals surface area contributed by atoms with E-state index in [0.29, 0.717) is 5.02 Å². The fraction of sp³-hybridized carbons (Fsp3) is 0. The number of hydrogen-bond acceptors (Lipinski definition) is 3. The van der Waals surface area contributed by atoms with Crippen molar-refractivity contribution in [2.75, 3.05) is 0 Å². The lowest BCUT2D eigenvalue weighted by atomic mass is 9.93. The van der Waals surface area contributed by atoms with Gasteiger partial charge < -0.3 is 0 Å². The van der Waals surface area contributed by atoms with Gasteiger partial charge in [-0.3, -0.25) is 0 Å². The molecule has 2 nitrogen and oxygen atoms in total. The minimum Gasteiger partial charge on any atom is -0.242 e. The van der Waals surface area contributed by atoms with Crippen LogP contribution in [0.25, 0.3) is 75.3 Å². The normalized spacial score (nSPS) is 11.8. The van der Waals surface area contributed by atoms with Crippen molar-refractivity contribution < 1.29 is 0 Å². The lowest BCUT2D eigenvalue weighted by molar-refractivity contribution is 1.46. The van der Waals surface area contributed by atoms with Crippen molar-refractivity contribution in [3.05, 3.63) is 120 Å². The van der Waals surface area contributed by atoms with E-state index in [1.165, 1.54) is 33.0 Å². The highest BCUT2D eigenvalue weighted by Crippen LogP contribution is 2.41. The summed E-state index contributed by atoms with van der Waals surface area (Å²) in [5.74, 6) is 0. The summed E-state index contributed by atoms with van der Waals surface area (Å²) in [5, 5.41) is 6.35. The van der Waals surface area contributed by atoms with Crippen molar-refractivity contribution in [3.8, 4) is 22.3 Å². The summed E-state index contributed by atoms with van der Waals surface area (Å²) in [7, 11) is 0. The molecule has 0 fully saturated rings. The molecule has 0 aliphatic carbocycles. The number of fused-ring (bicyclic) bond motifs is 9. The molecule has 0 saturated carbocycles. The summed E-state index contributed by atoms with van der Waals surface area (Å²) in [5.41, 5.74) is 7.54. The fourth-order valence-electron chi connectivity index (χ4n) is 5.49. The average Bonchev–Trinajstić information content (AvgIpc) is 3.33. The van der Waals surface area contributed by atoms with Crippen LogP contribution in [0.4, 0.5) is 0 Å². The third kappa shape index (κ3) is 3.33. The highest BCUT2D eigenvalue weighted by atomic mass is 35.5. The number of hydrogen-bond donors (Lipinski definition) is 0. The second-order valence-electron chi connectivity index (χ2n) is 9.57. The fourth-order valence-corrected chi connectivity index (χ4v) is 6.66. The Bertz CT molecular complexity index is 2180. The van der Waals surface area contributed by atoms with Gasteiger partial charge in [0.1, 0.15) is 10.3 Å². The maximum absolute atomic E-state index is 6.36. The van der Waals surface area contributed by atoms with Crippen LogP contribution in [0.2, 0.25) is 5.02 Å². The first-order valence-corrected chi connectivity index (χ1v) is 13.7. The molecule has 0 aliphatic heterocycles. The molecule has 178 valence electrons. The third-order valence-corrected chi connectivity index (χ3v) is 8.61. The minimum absolute atomic E-state index is 0.711. The van der Waals surface area contributed by atoms with Gasteiger partial charge in [-0.15, -0.1) is 11.3 Å². The Morgan fingerprint density at radius 3 is 1.63 bits per heavy atom. The molecule has 0 aliphatic rings. The molecular formula is C34H19ClN2S. The maximum Gasteiger partial charge on any atom is 0.143 e. The van der Waals surface area contributed by atoms with Crippen molar-refractivity contribution in [2.24, 2.45) is 0 Å². The van der Waals surface area contributed by atoms with E-state index in [2.05, 4.69) is 103 Å². The van der Waals surface area contributed by atoms with Crippen molar-refractivity contribution in [1.29, 1.82) is 0 Å². The monoisotopic (exact) mass is 522 g/mol. The van der Waals surface area contributed by atoms with Crippen molar-refractivity contribution in [1.82, 2.24) is 9.97 Å². The lowest BCUT2D eigenvalue weighted by Gasteiger charge is -2.13. The van der Waals surface area contributed by atoms with E-state index < -0.39 is 0 Å². The Kier molecular flexibility index (Phi) is 4.78. The second kappa shape index (κ2) is 8.35. The average molecular weight is 523 g/mol. The Balaban J connectivity index is 1.52. The van der Waals surface area contributed by atoms with E-state index in [1.807, 2.05) is 12.1 Å². The number of benzene rings is 6. The van der Waals surface area contributed by atoms with Crippen LogP contribution in [-0.4, -0.2) is 9.97 Å². The Morgan fingerprint density at radius 1 is 0.447 bits per heavy atom. The van der Waals surface area contributed by atoms with Crippen molar-refractivity contribution in [2.45, 2.75) is 0 Å². The molecule has 0 unspecified atom stereocenters. The van der Waals surface area contributed by atoms with Crippen LogP contribution in [-0.2, 0) is 0 Å². The largest absolute Gasteiger partial charge is 0.242 e. The molecule has 2 heterocycles. The molecule has 0 amide bonds. The van der Waals surface area contributed by atoms with Gasteiger partial charge in [-0.05, 0) is 63.4 Å². The topological polar surface area (TPSA) is 25.8 Å². The molecule has 0 atom stereocenters. The van der Waals surface area contributed by atoms with E-state index in [-0.39, 0.29) is 0 Å². The van der Waals surface area contributed by atoms with Crippen LogP contribution >= 0.6 is 22.9 Å². The van der Waals surface area contributed by atoms with Gasteiger partial charge in [0.15, 0.2) is 0 Å². The molecular weight excluding hydrogens is 504 g/mol. The molecule has 6 aromatic carbocycles. The molecule has 0 radical (unpaired) electrons. The van der Waals surface area contributed by atoms with E-state index in [9.17, 15) is 0 Å². The van der Waals surface area contributed by atoms with Gasteiger partial charge in [0.2, 0.25) is 0 Å².